The first-order chi connectivity index (χ1) is 5.65. The van der Waals surface area contributed by atoms with Gasteiger partial charge in [0.1, 0.15) is 6.29 Å². The summed E-state index contributed by atoms with van der Waals surface area (Å²) in [6.45, 7) is 3.79. The predicted molar refractivity (Wildman–Crippen MR) is 46.8 cm³/mol. The van der Waals surface area contributed by atoms with Crippen molar-refractivity contribution in [3.05, 3.63) is 11.1 Å². The van der Waals surface area contributed by atoms with E-state index in [0.29, 0.717) is 17.9 Å². The first kappa shape index (κ1) is 9.17. The molecule has 0 spiro atoms. The first-order valence-electron chi connectivity index (χ1n) is 4.33. The molecule has 0 amide bonds. The van der Waals surface area contributed by atoms with Gasteiger partial charge in [0.2, 0.25) is 0 Å². The number of carbonyl (C=O) groups is 2. The van der Waals surface area contributed by atoms with Gasteiger partial charge in [-0.25, -0.2) is 0 Å². The first-order valence-corrected chi connectivity index (χ1v) is 4.33. The molecule has 0 N–H and O–H groups in total. The molecule has 1 unspecified atom stereocenters. The van der Waals surface area contributed by atoms with Crippen molar-refractivity contribution in [1.82, 2.24) is 0 Å². The van der Waals surface area contributed by atoms with Gasteiger partial charge in [-0.3, -0.25) is 9.59 Å². The van der Waals surface area contributed by atoms with Crippen LogP contribution in [-0.2, 0) is 9.59 Å². The van der Waals surface area contributed by atoms with Crippen molar-refractivity contribution in [3.63, 3.8) is 0 Å². The zero-order chi connectivity index (χ0) is 9.14. The maximum Gasteiger partial charge on any atom is 0.159 e. The van der Waals surface area contributed by atoms with E-state index >= 15 is 0 Å². The van der Waals surface area contributed by atoms with Gasteiger partial charge in [0.05, 0.1) is 0 Å². The SMILES string of the molecule is CC(C=O)=C1CCC(C)CC1=O. The summed E-state index contributed by atoms with van der Waals surface area (Å²) in [6, 6.07) is 0. The second-order valence-electron chi connectivity index (χ2n) is 3.55. The molecule has 1 saturated carbocycles. The molecule has 0 saturated heterocycles. The fraction of sp³-hybridized carbons (Fsp3) is 0.600. The normalized spacial score (nSPS) is 28.5. The van der Waals surface area contributed by atoms with Crippen LogP contribution in [0, 0.1) is 5.92 Å². The minimum Gasteiger partial charge on any atom is -0.298 e. The number of carbonyl (C=O) groups excluding carboxylic acids is 2. The molecule has 1 atom stereocenters. The number of allylic oxidation sites excluding steroid dienone is 2. The molecule has 0 aromatic heterocycles. The van der Waals surface area contributed by atoms with Crippen molar-refractivity contribution in [2.24, 2.45) is 5.92 Å². The Balaban J connectivity index is 2.81. The molecule has 0 aromatic rings. The van der Waals surface area contributed by atoms with Crippen LogP contribution in [0.5, 0.6) is 0 Å². The third-order valence-electron chi connectivity index (χ3n) is 2.41. The Morgan fingerprint density at radius 3 is 2.75 bits per heavy atom. The minimum atomic E-state index is 0.165. The van der Waals surface area contributed by atoms with Crippen LogP contribution in [0.15, 0.2) is 11.1 Å². The maximum atomic E-state index is 11.4. The molecule has 1 aliphatic carbocycles. The molecular weight excluding hydrogens is 152 g/mol. The van der Waals surface area contributed by atoms with Crippen LogP contribution in [0.1, 0.15) is 33.1 Å². The number of rotatable bonds is 1. The summed E-state index contributed by atoms with van der Waals surface area (Å²) in [5.41, 5.74) is 1.37. The predicted octanol–water partition coefficient (Wildman–Crippen LogP) is 1.89. The second kappa shape index (κ2) is 3.65. The van der Waals surface area contributed by atoms with Crippen LogP contribution < -0.4 is 0 Å². The van der Waals surface area contributed by atoms with Crippen molar-refractivity contribution < 1.29 is 9.59 Å². The third-order valence-corrected chi connectivity index (χ3v) is 2.41. The molecule has 0 heterocycles. The standard InChI is InChI=1S/C10H14O2/c1-7-3-4-9(8(2)6-11)10(12)5-7/h6-7H,3-5H2,1-2H3. The maximum absolute atomic E-state index is 11.4. The number of Topliss-reactive ketones (excluding diaryl/α,β-unsaturated/α-hetero) is 1. The topological polar surface area (TPSA) is 34.1 Å². The molecule has 0 aliphatic heterocycles. The van der Waals surface area contributed by atoms with Crippen LogP contribution in [0.3, 0.4) is 0 Å². The Morgan fingerprint density at radius 1 is 1.58 bits per heavy atom. The van der Waals surface area contributed by atoms with E-state index in [1.54, 1.807) is 6.92 Å². The summed E-state index contributed by atoms with van der Waals surface area (Å²) in [4.78, 5) is 21.8. The number of ketones is 1. The highest BCUT2D eigenvalue weighted by molar-refractivity contribution is 6.00. The van der Waals surface area contributed by atoms with Crippen LogP contribution in [0.25, 0.3) is 0 Å². The van der Waals surface area contributed by atoms with Gasteiger partial charge in [-0.05, 0) is 31.3 Å². The van der Waals surface area contributed by atoms with E-state index in [2.05, 4.69) is 6.92 Å². The molecule has 0 bridgehead atoms. The Kier molecular flexibility index (Phi) is 2.79. The van der Waals surface area contributed by atoms with E-state index in [4.69, 9.17) is 0 Å². The summed E-state index contributed by atoms with van der Waals surface area (Å²) in [7, 11) is 0. The van der Waals surface area contributed by atoms with E-state index in [9.17, 15) is 9.59 Å². The van der Waals surface area contributed by atoms with Gasteiger partial charge in [0, 0.05) is 12.0 Å². The minimum absolute atomic E-state index is 0.165. The van der Waals surface area contributed by atoms with Crippen molar-refractivity contribution in [2.45, 2.75) is 33.1 Å². The number of hydrogen-bond acceptors (Lipinski definition) is 2. The lowest BCUT2D eigenvalue weighted by molar-refractivity contribution is -0.117. The highest BCUT2D eigenvalue weighted by Gasteiger charge is 2.21. The summed E-state index contributed by atoms with van der Waals surface area (Å²) in [5.74, 6) is 0.652. The molecule has 1 rings (SSSR count). The summed E-state index contributed by atoms with van der Waals surface area (Å²) < 4.78 is 0. The monoisotopic (exact) mass is 166 g/mol. The van der Waals surface area contributed by atoms with Gasteiger partial charge < -0.3 is 0 Å². The molecule has 1 fully saturated rings. The third kappa shape index (κ3) is 1.81. The fourth-order valence-electron chi connectivity index (χ4n) is 1.56. The van der Waals surface area contributed by atoms with E-state index < -0.39 is 0 Å². The van der Waals surface area contributed by atoms with Gasteiger partial charge in [-0.15, -0.1) is 0 Å². The molecular formula is C10H14O2. The molecule has 0 aromatic carbocycles. The zero-order valence-corrected chi connectivity index (χ0v) is 7.59. The fourth-order valence-corrected chi connectivity index (χ4v) is 1.56. The van der Waals surface area contributed by atoms with Crippen LogP contribution in [-0.4, -0.2) is 12.1 Å². The Labute approximate surface area is 72.7 Å². The second-order valence-corrected chi connectivity index (χ2v) is 3.55. The van der Waals surface area contributed by atoms with E-state index in [1.807, 2.05) is 0 Å². The molecule has 12 heavy (non-hydrogen) atoms. The van der Waals surface area contributed by atoms with Gasteiger partial charge in [-0.2, -0.15) is 0 Å². The average molecular weight is 166 g/mol. The molecule has 0 radical (unpaired) electrons. The number of aldehydes is 1. The summed E-state index contributed by atoms with van der Waals surface area (Å²) in [6.07, 6.45) is 3.21. The van der Waals surface area contributed by atoms with Gasteiger partial charge in [0.25, 0.3) is 0 Å². The largest absolute Gasteiger partial charge is 0.298 e. The van der Waals surface area contributed by atoms with Crippen LogP contribution in [0.4, 0.5) is 0 Å². The molecule has 1 aliphatic rings. The lowest BCUT2D eigenvalue weighted by Gasteiger charge is -2.19. The van der Waals surface area contributed by atoms with Gasteiger partial charge in [-0.1, -0.05) is 6.92 Å². The van der Waals surface area contributed by atoms with Crippen LogP contribution >= 0.6 is 0 Å². The summed E-state index contributed by atoms with van der Waals surface area (Å²) in [5, 5.41) is 0. The van der Waals surface area contributed by atoms with Crippen molar-refractivity contribution in [2.75, 3.05) is 0 Å². The average Bonchev–Trinajstić information content (AvgIpc) is 2.03. The highest BCUT2D eigenvalue weighted by atomic mass is 16.1. The molecule has 2 nitrogen and oxygen atoms in total. The van der Waals surface area contributed by atoms with Crippen LogP contribution in [0.2, 0.25) is 0 Å². The van der Waals surface area contributed by atoms with Gasteiger partial charge >= 0.3 is 0 Å². The van der Waals surface area contributed by atoms with Crippen molar-refractivity contribution in [1.29, 1.82) is 0 Å². The van der Waals surface area contributed by atoms with Crippen molar-refractivity contribution in [3.8, 4) is 0 Å². The molecule has 2 heteroatoms. The lowest BCUT2D eigenvalue weighted by Crippen LogP contribution is -2.16. The lowest BCUT2D eigenvalue weighted by atomic mass is 9.84. The van der Waals surface area contributed by atoms with E-state index in [0.717, 1.165) is 24.7 Å². The smallest absolute Gasteiger partial charge is 0.159 e. The van der Waals surface area contributed by atoms with E-state index in [-0.39, 0.29) is 5.78 Å². The Bertz CT molecular complexity index is 238. The Hall–Kier alpha value is -0.920. The quantitative estimate of drug-likeness (QED) is 0.440. The van der Waals surface area contributed by atoms with E-state index in [1.165, 1.54) is 0 Å². The summed E-state index contributed by atoms with van der Waals surface area (Å²) >= 11 is 0. The van der Waals surface area contributed by atoms with Crippen molar-refractivity contribution >= 4 is 12.1 Å². The van der Waals surface area contributed by atoms with Gasteiger partial charge in [0.15, 0.2) is 5.78 Å². The molecule has 66 valence electrons. The highest BCUT2D eigenvalue weighted by Crippen LogP contribution is 2.26. The zero-order valence-electron chi connectivity index (χ0n) is 7.59. The Morgan fingerprint density at radius 2 is 2.25 bits per heavy atom. The number of hydrogen-bond donors (Lipinski definition) is 0.